The molecular formula is C19H34O2. The second-order valence-corrected chi connectivity index (χ2v) is 8.67. The maximum atomic E-state index is 12.2. The van der Waals surface area contributed by atoms with E-state index < -0.39 is 5.60 Å². The van der Waals surface area contributed by atoms with Crippen molar-refractivity contribution >= 4 is 5.78 Å². The number of fused-ring (bicyclic) bond motifs is 1. The van der Waals surface area contributed by atoms with E-state index in [4.69, 9.17) is 0 Å². The van der Waals surface area contributed by atoms with Crippen molar-refractivity contribution in [1.29, 1.82) is 0 Å². The highest BCUT2D eigenvalue weighted by atomic mass is 16.3. The van der Waals surface area contributed by atoms with Crippen molar-refractivity contribution in [2.24, 2.45) is 29.1 Å². The summed E-state index contributed by atoms with van der Waals surface area (Å²) in [5.74, 6) is 2.56. The molecule has 0 spiro atoms. The molecule has 1 unspecified atom stereocenters. The van der Waals surface area contributed by atoms with E-state index in [1.54, 1.807) is 0 Å². The average molecular weight is 294 g/mol. The lowest BCUT2D eigenvalue weighted by molar-refractivity contribution is -0.130. The van der Waals surface area contributed by atoms with Crippen LogP contribution in [-0.2, 0) is 4.79 Å². The summed E-state index contributed by atoms with van der Waals surface area (Å²) in [4.78, 5) is 12.2. The molecule has 5 atom stereocenters. The number of aliphatic hydroxyl groups is 1. The molecule has 2 saturated carbocycles. The van der Waals surface area contributed by atoms with Crippen molar-refractivity contribution in [1.82, 2.24) is 0 Å². The lowest BCUT2D eigenvalue weighted by Gasteiger charge is -2.42. The molecule has 0 aromatic heterocycles. The van der Waals surface area contributed by atoms with E-state index >= 15 is 0 Å². The van der Waals surface area contributed by atoms with Gasteiger partial charge in [-0.3, -0.25) is 4.79 Å². The Labute approximate surface area is 130 Å². The van der Waals surface area contributed by atoms with Crippen LogP contribution in [0.4, 0.5) is 0 Å². The predicted molar refractivity (Wildman–Crippen MR) is 87.0 cm³/mol. The van der Waals surface area contributed by atoms with Crippen LogP contribution in [0.3, 0.4) is 0 Å². The van der Waals surface area contributed by atoms with Crippen molar-refractivity contribution in [2.45, 2.75) is 85.2 Å². The zero-order chi connectivity index (χ0) is 15.8. The number of carbonyl (C=O) groups excluding carboxylic acids is 1. The van der Waals surface area contributed by atoms with Crippen LogP contribution in [0.5, 0.6) is 0 Å². The third kappa shape index (κ3) is 3.36. The van der Waals surface area contributed by atoms with Crippen LogP contribution in [0.2, 0.25) is 0 Å². The molecule has 0 aromatic carbocycles. The Kier molecular flexibility index (Phi) is 4.87. The van der Waals surface area contributed by atoms with Gasteiger partial charge in [0.2, 0.25) is 0 Å². The van der Waals surface area contributed by atoms with Crippen molar-refractivity contribution < 1.29 is 9.90 Å². The van der Waals surface area contributed by atoms with E-state index in [0.29, 0.717) is 29.5 Å². The number of ketones is 1. The van der Waals surface area contributed by atoms with E-state index in [-0.39, 0.29) is 5.41 Å². The van der Waals surface area contributed by atoms with Gasteiger partial charge in [-0.1, -0.05) is 27.2 Å². The molecule has 2 nitrogen and oxygen atoms in total. The first-order valence-electron chi connectivity index (χ1n) is 8.91. The van der Waals surface area contributed by atoms with E-state index in [0.717, 1.165) is 25.7 Å². The SMILES string of the molecule is C[C@H](CC[C@H](C)C(C)(C)O)C1CC[C@H]2C(=O)CCC[C@]12C. The van der Waals surface area contributed by atoms with Gasteiger partial charge < -0.3 is 5.11 Å². The summed E-state index contributed by atoms with van der Waals surface area (Å²) in [6, 6.07) is 0. The van der Waals surface area contributed by atoms with Gasteiger partial charge >= 0.3 is 0 Å². The largest absolute Gasteiger partial charge is 0.390 e. The van der Waals surface area contributed by atoms with Crippen LogP contribution >= 0.6 is 0 Å². The lowest BCUT2D eigenvalue weighted by atomic mass is 9.61. The minimum atomic E-state index is -0.581. The van der Waals surface area contributed by atoms with Gasteiger partial charge in [-0.05, 0) is 69.1 Å². The minimum absolute atomic E-state index is 0.257. The Morgan fingerprint density at radius 1 is 1.29 bits per heavy atom. The van der Waals surface area contributed by atoms with Gasteiger partial charge in [-0.2, -0.15) is 0 Å². The molecule has 122 valence electrons. The Morgan fingerprint density at radius 3 is 2.57 bits per heavy atom. The number of rotatable bonds is 5. The number of hydrogen-bond donors (Lipinski definition) is 1. The highest BCUT2D eigenvalue weighted by Crippen LogP contribution is 2.57. The molecule has 1 N–H and O–H groups in total. The second-order valence-electron chi connectivity index (χ2n) is 8.67. The minimum Gasteiger partial charge on any atom is -0.390 e. The molecule has 2 aliphatic carbocycles. The maximum Gasteiger partial charge on any atom is 0.136 e. The molecule has 21 heavy (non-hydrogen) atoms. The van der Waals surface area contributed by atoms with Crippen LogP contribution < -0.4 is 0 Å². The molecular weight excluding hydrogens is 260 g/mol. The maximum absolute atomic E-state index is 12.2. The van der Waals surface area contributed by atoms with Crippen molar-refractivity contribution in [3.63, 3.8) is 0 Å². The normalized spacial score (nSPS) is 36.4. The predicted octanol–water partition coefficient (Wildman–Crippen LogP) is 4.60. The monoisotopic (exact) mass is 294 g/mol. The average Bonchev–Trinajstić information content (AvgIpc) is 2.73. The van der Waals surface area contributed by atoms with Gasteiger partial charge in [0.1, 0.15) is 5.78 Å². The van der Waals surface area contributed by atoms with Crippen molar-refractivity contribution in [2.75, 3.05) is 0 Å². The van der Waals surface area contributed by atoms with Gasteiger partial charge in [0.05, 0.1) is 5.60 Å². The van der Waals surface area contributed by atoms with Crippen LogP contribution in [0.25, 0.3) is 0 Å². The standard InChI is InChI=1S/C19H34O2/c1-13(8-9-14(2)18(3,4)21)15-10-11-16-17(20)7-6-12-19(15,16)5/h13-16,21H,6-12H2,1-5H3/t13-,14+,15?,16+,19-/m1/s1. The zero-order valence-electron chi connectivity index (χ0n) is 14.6. The first-order valence-corrected chi connectivity index (χ1v) is 8.91. The van der Waals surface area contributed by atoms with Crippen molar-refractivity contribution in [3.8, 4) is 0 Å². The lowest BCUT2D eigenvalue weighted by Crippen LogP contribution is -2.39. The number of carbonyl (C=O) groups is 1. The van der Waals surface area contributed by atoms with Gasteiger partial charge in [0.25, 0.3) is 0 Å². The zero-order valence-corrected chi connectivity index (χ0v) is 14.6. The van der Waals surface area contributed by atoms with Gasteiger partial charge in [-0.15, -0.1) is 0 Å². The topological polar surface area (TPSA) is 37.3 Å². The molecule has 0 aliphatic heterocycles. The molecule has 2 fully saturated rings. The third-order valence-electron chi connectivity index (χ3n) is 6.88. The number of hydrogen-bond acceptors (Lipinski definition) is 2. The Bertz CT molecular complexity index is 382. The number of Topliss-reactive ketones (excluding diaryl/α,β-unsaturated/α-hetero) is 1. The molecule has 0 heterocycles. The van der Waals surface area contributed by atoms with E-state index in [1.807, 2.05) is 13.8 Å². The van der Waals surface area contributed by atoms with E-state index in [9.17, 15) is 9.90 Å². The van der Waals surface area contributed by atoms with Gasteiger partial charge in [-0.25, -0.2) is 0 Å². The molecule has 2 rings (SSSR count). The second kappa shape index (κ2) is 6.02. The Balaban J connectivity index is 1.97. The summed E-state index contributed by atoms with van der Waals surface area (Å²) in [6.07, 6.45) is 7.74. The Morgan fingerprint density at radius 2 is 1.95 bits per heavy atom. The molecule has 0 saturated heterocycles. The van der Waals surface area contributed by atoms with Gasteiger partial charge in [0.15, 0.2) is 0 Å². The quantitative estimate of drug-likeness (QED) is 0.805. The van der Waals surface area contributed by atoms with Crippen LogP contribution in [0.15, 0.2) is 0 Å². The molecule has 0 radical (unpaired) electrons. The fourth-order valence-corrected chi connectivity index (χ4v) is 4.97. The first-order chi connectivity index (χ1) is 9.66. The summed E-state index contributed by atoms with van der Waals surface area (Å²) in [6.45, 7) is 10.7. The van der Waals surface area contributed by atoms with Gasteiger partial charge in [0, 0.05) is 12.3 Å². The van der Waals surface area contributed by atoms with Crippen LogP contribution in [0, 0.1) is 29.1 Å². The summed E-state index contributed by atoms with van der Waals surface area (Å²) >= 11 is 0. The van der Waals surface area contributed by atoms with E-state index in [2.05, 4.69) is 20.8 Å². The van der Waals surface area contributed by atoms with Crippen molar-refractivity contribution in [3.05, 3.63) is 0 Å². The molecule has 0 bridgehead atoms. The fraction of sp³-hybridized carbons (Fsp3) is 0.947. The molecule has 0 aromatic rings. The van der Waals surface area contributed by atoms with Crippen LogP contribution in [0.1, 0.15) is 79.6 Å². The summed E-state index contributed by atoms with van der Waals surface area (Å²) < 4.78 is 0. The smallest absolute Gasteiger partial charge is 0.136 e. The van der Waals surface area contributed by atoms with Crippen LogP contribution in [-0.4, -0.2) is 16.5 Å². The fourth-order valence-electron chi connectivity index (χ4n) is 4.97. The summed E-state index contributed by atoms with van der Waals surface area (Å²) in [7, 11) is 0. The molecule has 2 aliphatic rings. The summed E-state index contributed by atoms with van der Waals surface area (Å²) in [5, 5.41) is 10.1. The highest BCUT2D eigenvalue weighted by molar-refractivity contribution is 5.83. The highest BCUT2D eigenvalue weighted by Gasteiger charge is 2.52. The third-order valence-corrected chi connectivity index (χ3v) is 6.88. The molecule has 0 amide bonds. The Hall–Kier alpha value is -0.370. The van der Waals surface area contributed by atoms with E-state index in [1.165, 1.54) is 19.3 Å². The first kappa shape index (κ1) is 17.0. The summed E-state index contributed by atoms with van der Waals surface area (Å²) in [5.41, 5.74) is -0.324. The molecule has 2 heteroatoms.